The molecule has 9 heteroatoms. The minimum Gasteiger partial charge on any atom is -0.453 e. The molecule has 0 spiro atoms. The van der Waals surface area contributed by atoms with Crippen molar-refractivity contribution in [2.45, 2.75) is 39.7 Å². The van der Waals surface area contributed by atoms with E-state index in [1.807, 2.05) is 6.07 Å². The maximum atomic E-state index is 13.6. The van der Waals surface area contributed by atoms with E-state index in [-0.39, 0.29) is 24.1 Å². The first kappa shape index (κ1) is 21.8. The zero-order valence-corrected chi connectivity index (χ0v) is 16.1. The van der Waals surface area contributed by atoms with Crippen LogP contribution in [0.15, 0.2) is 23.0 Å². The van der Waals surface area contributed by atoms with Gasteiger partial charge in [0.1, 0.15) is 23.3 Å². The number of ether oxygens (including phenoxy) is 1. The lowest BCUT2D eigenvalue weighted by Gasteiger charge is -2.15. The number of hydrogen-bond acceptors (Lipinski definition) is 5. The minimum atomic E-state index is -1.24. The molecule has 1 aromatic carbocycles. The van der Waals surface area contributed by atoms with E-state index in [9.17, 15) is 23.2 Å². The Balaban J connectivity index is 1.99. The normalized spacial score (nSPS) is 11.4. The lowest BCUT2D eigenvalue weighted by molar-refractivity contribution is -0.153. The number of rotatable bonds is 6. The molecule has 2 rings (SSSR count). The molecule has 1 aromatic heterocycles. The highest BCUT2D eigenvalue weighted by Crippen LogP contribution is 2.17. The van der Waals surface area contributed by atoms with Crippen molar-refractivity contribution in [3.63, 3.8) is 0 Å². The molecule has 29 heavy (non-hydrogen) atoms. The van der Waals surface area contributed by atoms with Crippen molar-refractivity contribution < 1.29 is 23.1 Å². The number of aromatic amines is 1. The zero-order chi connectivity index (χ0) is 21.7. The maximum absolute atomic E-state index is 13.6. The van der Waals surface area contributed by atoms with E-state index < -0.39 is 35.2 Å². The molecule has 2 N–H and O–H groups in total. The Labute approximate surface area is 165 Å². The minimum absolute atomic E-state index is 0.0242. The van der Waals surface area contributed by atoms with E-state index in [1.54, 1.807) is 13.8 Å². The Kier molecular flexibility index (Phi) is 6.83. The van der Waals surface area contributed by atoms with E-state index in [0.29, 0.717) is 16.8 Å². The second kappa shape index (κ2) is 9.10. The number of aromatic nitrogens is 1. The van der Waals surface area contributed by atoms with Crippen LogP contribution >= 0.6 is 0 Å². The van der Waals surface area contributed by atoms with Crippen molar-refractivity contribution in [2.24, 2.45) is 0 Å². The number of carbonyl (C=O) groups excluding carboxylic acids is 2. The van der Waals surface area contributed by atoms with Crippen LogP contribution in [0.5, 0.6) is 0 Å². The molecule has 0 saturated heterocycles. The molecule has 0 fully saturated rings. The third-order valence-corrected chi connectivity index (χ3v) is 4.36. The molecule has 0 aliphatic rings. The first-order valence-electron chi connectivity index (χ1n) is 8.71. The van der Waals surface area contributed by atoms with Gasteiger partial charge in [0, 0.05) is 18.2 Å². The summed E-state index contributed by atoms with van der Waals surface area (Å²) in [6.07, 6.45) is -1.16. The van der Waals surface area contributed by atoms with Gasteiger partial charge in [-0.1, -0.05) is 0 Å². The van der Waals surface area contributed by atoms with Crippen LogP contribution in [0.3, 0.4) is 0 Å². The van der Waals surface area contributed by atoms with Crippen molar-refractivity contribution in [2.75, 3.05) is 5.32 Å². The molecule has 0 bridgehead atoms. The molecule has 0 saturated carbocycles. The number of benzene rings is 1. The number of hydrogen-bond donors (Lipinski definition) is 2. The van der Waals surface area contributed by atoms with Crippen molar-refractivity contribution in [3.8, 4) is 6.07 Å². The highest BCUT2D eigenvalue weighted by atomic mass is 19.1. The summed E-state index contributed by atoms with van der Waals surface area (Å²) < 4.78 is 31.8. The van der Waals surface area contributed by atoms with Crippen molar-refractivity contribution in [1.82, 2.24) is 4.98 Å². The summed E-state index contributed by atoms with van der Waals surface area (Å²) in [6.45, 7) is 4.57. The predicted molar refractivity (Wildman–Crippen MR) is 100 cm³/mol. The number of carbonyl (C=O) groups is 2. The Morgan fingerprint density at radius 2 is 2.00 bits per heavy atom. The third-order valence-electron chi connectivity index (χ3n) is 4.36. The van der Waals surface area contributed by atoms with Gasteiger partial charge in [-0.25, -0.2) is 8.78 Å². The topological polar surface area (TPSA) is 112 Å². The summed E-state index contributed by atoms with van der Waals surface area (Å²) in [5.41, 5.74) is 0.770. The molecule has 1 unspecified atom stereocenters. The Morgan fingerprint density at radius 3 is 2.66 bits per heavy atom. The standard InChI is InChI=1S/C20H19F2N3O4/c1-10-14(11(2)24-20(28)15(10)9-23)5-7-18(26)29-12(3)19(27)25-17-8-13(21)4-6-16(17)22/h4,6,8,12H,5,7H2,1-3H3,(H,24,28)(H,25,27). The number of halogens is 2. The van der Waals surface area contributed by atoms with Crippen LogP contribution in [0.25, 0.3) is 0 Å². The third kappa shape index (κ3) is 5.25. The average Bonchev–Trinajstić information content (AvgIpc) is 2.64. The number of nitrogens with zero attached hydrogens (tertiary/aromatic N) is 1. The van der Waals surface area contributed by atoms with Gasteiger partial charge >= 0.3 is 5.97 Å². The molecule has 7 nitrogen and oxygen atoms in total. The molecule has 0 aliphatic heterocycles. The lowest BCUT2D eigenvalue weighted by atomic mass is 9.99. The largest absolute Gasteiger partial charge is 0.453 e. The molecule has 1 atom stereocenters. The van der Waals surface area contributed by atoms with E-state index in [1.165, 1.54) is 6.92 Å². The van der Waals surface area contributed by atoms with E-state index in [2.05, 4.69) is 10.3 Å². The summed E-state index contributed by atoms with van der Waals surface area (Å²) in [4.78, 5) is 38.4. The number of H-pyrrole nitrogens is 1. The predicted octanol–water partition coefficient (Wildman–Crippen LogP) is 2.64. The maximum Gasteiger partial charge on any atom is 0.306 e. The van der Waals surface area contributed by atoms with Crippen LogP contribution in [0.1, 0.15) is 35.7 Å². The zero-order valence-electron chi connectivity index (χ0n) is 16.1. The highest BCUT2D eigenvalue weighted by molar-refractivity contribution is 5.95. The fraction of sp³-hybridized carbons (Fsp3) is 0.300. The van der Waals surface area contributed by atoms with Crippen LogP contribution in [-0.2, 0) is 20.7 Å². The molecular weight excluding hydrogens is 384 g/mol. The summed E-state index contributed by atoms with van der Waals surface area (Å²) in [6, 6.07) is 4.42. The van der Waals surface area contributed by atoms with Gasteiger partial charge in [0.15, 0.2) is 6.10 Å². The van der Waals surface area contributed by atoms with Gasteiger partial charge in [-0.15, -0.1) is 0 Å². The first-order chi connectivity index (χ1) is 13.6. The number of nitrogens with one attached hydrogen (secondary N) is 2. The van der Waals surface area contributed by atoms with E-state index >= 15 is 0 Å². The number of nitriles is 1. The molecule has 0 radical (unpaired) electrons. The van der Waals surface area contributed by atoms with E-state index in [0.717, 1.165) is 18.2 Å². The van der Waals surface area contributed by atoms with E-state index in [4.69, 9.17) is 10.00 Å². The van der Waals surface area contributed by atoms with Crippen LogP contribution in [0, 0.1) is 36.8 Å². The molecule has 0 aliphatic carbocycles. The number of esters is 1. The summed E-state index contributed by atoms with van der Waals surface area (Å²) in [7, 11) is 0. The van der Waals surface area contributed by atoms with Crippen molar-refractivity contribution in [1.29, 1.82) is 5.26 Å². The molecule has 152 valence electrons. The number of anilines is 1. The second-order valence-electron chi connectivity index (χ2n) is 6.41. The summed E-state index contributed by atoms with van der Waals surface area (Å²) in [5.74, 6) is -3.06. The van der Waals surface area contributed by atoms with Gasteiger partial charge in [-0.2, -0.15) is 5.26 Å². The van der Waals surface area contributed by atoms with Crippen LogP contribution in [0.4, 0.5) is 14.5 Å². The quantitative estimate of drug-likeness (QED) is 0.720. The van der Waals surface area contributed by atoms with Gasteiger partial charge in [0.2, 0.25) is 0 Å². The average molecular weight is 403 g/mol. The first-order valence-corrected chi connectivity index (χ1v) is 8.71. The van der Waals surface area contributed by atoms with Crippen molar-refractivity contribution in [3.05, 3.63) is 62.6 Å². The Morgan fingerprint density at radius 1 is 1.31 bits per heavy atom. The van der Waals surface area contributed by atoms with Gasteiger partial charge < -0.3 is 15.0 Å². The molecule has 1 amide bonds. The summed E-state index contributed by atoms with van der Waals surface area (Å²) in [5, 5.41) is 11.2. The smallest absolute Gasteiger partial charge is 0.306 e. The molecular formula is C20H19F2N3O4. The van der Waals surface area contributed by atoms with Crippen LogP contribution in [-0.4, -0.2) is 23.0 Å². The number of aryl methyl sites for hydroxylation is 1. The fourth-order valence-corrected chi connectivity index (χ4v) is 2.78. The van der Waals surface area contributed by atoms with Gasteiger partial charge in [-0.3, -0.25) is 14.4 Å². The monoisotopic (exact) mass is 403 g/mol. The van der Waals surface area contributed by atoms with Crippen molar-refractivity contribution >= 4 is 17.6 Å². The molecule has 2 aromatic rings. The van der Waals surface area contributed by atoms with Gasteiger partial charge in [-0.05, 0) is 50.5 Å². The van der Waals surface area contributed by atoms with Crippen LogP contribution in [0.2, 0.25) is 0 Å². The SMILES string of the molecule is Cc1[nH]c(=O)c(C#N)c(C)c1CCC(=O)OC(C)C(=O)Nc1cc(F)ccc1F. The van der Waals surface area contributed by atoms with Gasteiger partial charge in [0.25, 0.3) is 11.5 Å². The Hall–Kier alpha value is -3.54. The van der Waals surface area contributed by atoms with Gasteiger partial charge in [0.05, 0.1) is 5.69 Å². The van der Waals surface area contributed by atoms with Crippen LogP contribution < -0.4 is 10.9 Å². The second-order valence-corrected chi connectivity index (χ2v) is 6.41. The number of amides is 1. The lowest BCUT2D eigenvalue weighted by Crippen LogP contribution is -2.30. The summed E-state index contributed by atoms with van der Waals surface area (Å²) >= 11 is 0. The Bertz CT molecular complexity index is 1060. The molecule has 1 heterocycles. The fourth-order valence-electron chi connectivity index (χ4n) is 2.78. The highest BCUT2D eigenvalue weighted by Gasteiger charge is 2.20. The number of pyridine rings is 1.